The molecule has 0 atom stereocenters. The van der Waals surface area contributed by atoms with E-state index in [2.05, 4.69) is 6.07 Å². The van der Waals surface area contributed by atoms with Crippen molar-refractivity contribution in [1.29, 1.82) is 5.26 Å². The smallest absolute Gasteiger partial charge is 0.343 e. The molecule has 1 aliphatic heterocycles. The first-order valence-electron chi connectivity index (χ1n) is 10.4. The largest absolute Gasteiger partial charge is 0.423 e. The molecule has 1 heterocycles. The van der Waals surface area contributed by atoms with Crippen LogP contribution in [0.5, 0.6) is 5.75 Å². The van der Waals surface area contributed by atoms with Crippen molar-refractivity contribution in [2.24, 2.45) is 0 Å². The highest BCUT2D eigenvalue weighted by Gasteiger charge is 2.26. The number of esters is 1. The van der Waals surface area contributed by atoms with Crippen LogP contribution in [0.15, 0.2) is 77.7 Å². The van der Waals surface area contributed by atoms with E-state index in [1.54, 1.807) is 24.3 Å². The Balaban J connectivity index is 1.43. The molecule has 32 heavy (non-hydrogen) atoms. The first kappa shape index (κ1) is 21.8. The Hall–Kier alpha value is -3.47. The summed E-state index contributed by atoms with van der Waals surface area (Å²) in [6.07, 6.45) is 2.78. The van der Waals surface area contributed by atoms with Gasteiger partial charge < -0.3 is 4.74 Å². The molecule has 0 spiro atoms. The minimum atomic E-state index is -3.54. The van der Waals surface area contributed by atoms with Gasteiger partial charge in [0.15, 0.2) is 0 Å². The van der Waals surface area contributed by atoms with Gasteiger partial charge in [0.1, 0.15) is 5.75 Å². The van der Waals surface area contributed by atoms with E-state index in [1.807, 2.05) is 24.3 Å². The van der Waals surface area contributed by atoms with Gasteiger partial charge in [0.05, 0.1) is 22.1 Å². The van der Waals surface area contributed by atoms with Gasteiger partial charge in [0.25, 0.3) is 0 Å². The quantitative estimate of drug-likeness (QED) is 0.422. The molecule has 0 bridgehead atoms. The van der Waals surface area contributed by atoms with E-state index >= 15 is 0 Å². The Kier molecular flexibility index (Phi) is 6.35. The van der Waals surface area contributed by atoms with Crippen LogP contribution in [0.4, 0.5) is 0 Å². The van der Waals surface area contributed by atoms with Crippen LogP contribution < -0.4 is 4.74 Å². The van der Waals surface area contributed by atoms with E-state index in [-0.39, 0.29) is 10.5 Å². The molecule has 0 radical (unpaired) electrons. The average molecular weight is 447 g/mol. The summed E-state index contributed by atoms with van der Waals surface area (Å²) in [7, 11) is -3.54. The molecule has 1 saturated heterocycles. The molecule has 0 aliphatic carbocycles. The van der Waals surface area contributed by atoms with Crippen LogP contribution in [-0.4, -0.2) is 31.8 Å². The maximum Gasteiger partial charge on any atom is 0.343 e. The van der Waals surface area contributed by atoms with Crippen LogP contribution in [-0.2, 0) is 10.0 Å². The standard InChI is InChI=1S/C25H22N2O4S/c26-18-19-4-6-20(7-5-19)21-8-12-23(13-9-21)31-25(28)22-10-14-24(15-11-22)32(29,30)27-16-2-1-3-17-27/h4-15H,1-3,16-17H2. The number of benzene rings is 3. The van der Waals surface area contributed by atoms with E-state index in [0.717, 1.165) is 30.4 Å². The lowest BCUT2D eigenvalue weighted by Gasteiger charge is -2.25. The predicted octanol–water partition coefficient (Wildman–Crippen LogP) is 4.62. The van der Waals surface area contributed by atoms with Gasteiger partial charge in [-0.15, -0.1) is 0 Å². The van der Waals surface area contributed by atoms with Crippen molar-refractivity contribution < 1.29 is 17.9 Å². The zero-order valence-corrected chi connectivity index (χ0v) is 18.2. The van der Waals surface area contributed by atoms with Gasteiger partial charge >= 0.3 is 5.97 Å². The molecule has 0 N–H and O–H groups in total. The molecule has 1 aliphatic rings. The van der Waals surface area contributed by atoms with Gasteiger partial charge in [-0.2, -0.15) is 9.57 Å². The van der Waals surface area contributed by atoms with Crippen molar-refractivity contribution in [2.75, 3.05) is 13.1 Å². The van der Waals surface area contributed by atoms with E-state index in [9.17, 15) is 13.2 Å². The molecule has 0 aromatic heterocycles. The third kappa shape index (κ3) is 4.72. The fourth-order valence-electron chi connectivity index (χ4n) is 3.64. The molecule has 0 saturated carbocycles. The second kappa shape index (κ2) is 9.35. The van der Waals surface area contributed by atoms with Gasteiger partial charge in [-0.05, 0) is 72.5 Å². The number of sulfonamides is 1. The zero-order valence-electron chi connectivity index (χ0n) is 17.4. The van der Waals surface area contributed by atoms with Gasteiger partial charge in [-0.1, -0.05) is 30.7 Å². The normalized spacial score (nSPS) is 14.5. The van der Waals surface area contributed by atoms with E-state index < -0.39 is 16.0 Å². The SMILES string of the molecule is N#Cc1ccc(-c2ccc(OC(=O)c3ccc(S(=O)(=O)N4CCCCC4)cc3)cc2)cc1. The number of carbonyl (C=O) groups is 1. The van der Waals surface area contributed by atoms with Crippen molar-refractivity contribution in [3.63, 3.8) is 0 Å². The van der Waals surface area contributed by atoms with Crippen molar-refractivity contribution >= 4 is 16.0 Å². The average Bonchev–Trinajstić information content (AvgIpc) is 2.85. The Labute approximate surface area is 187 Å². The number of hydrogen-bond donors (Lipinski definition) is 0. The van der Waals surface area contributed by atoms with Crippen molar-refractivity contribution in [3.8, 4) is 22.9 Å². The maximum absolute atomic E-state index is 12.7. The van der Waals surface area contributed by atoms with Gasteiger partial charge in [-0.3, -0.25) is 0 Å². The molecule has 3 aromatic carbocycles. The lowest BCUT2D eigenvalue weighted by Crippen LogP contribution is -2.35. The summed E-state index contributed by atoms with van der Waals surface area (Å²) in [5.41, 5.74) is 2.75. The number of hydrogen-bond acceptors (Lipinski definition) is 5. The van der Waals surface area contributed by atoms with Gasteiger partial charge in [-0.25, -0.2) is 13.2 Å². The summed E-state index contributed by atoms with van der Waals surface area (Å²) < 4.78 is 32.4. The number of rotatable bonds is 5. The molecule has 3 aromatic rings. The molecule has 1 fully saturated rings. The molecular weight excluding hydrogens is 424 g/mol. The van der Waals surface area contributed by atoms with E-state index in [4.69, 9.17) is 10.00 Å². The summed E-state index contributed by atoms with van der Waals surface area (Å²) in [6, 6.07) is 22.2. The lowest BCUT2D eigenvalue weighted by atomic mass is 10.0. The highest BCUT2D eigenvalue weighted by molar-refractivity contribution is 7.89. The van der Waals surface area contributed by atoms with Crippen molar-refractivity contribution in [1.82, 2.24) is 4.31 Å². The van der Waals surface area contributed by atoms with E-state index in [1.165, 1.54) is 28.6 Å². The van der Waals surface area contributed by atoms with Crippen molar-refractivity contribution in [2.45, 2.75) is 24.2 Å². The van der Waals surface area contributed by atoms with Crippen LogP contribution in [0.2, 0.25) is 0 Å². The highest BCUT2D eigenvalue weighted by atomic mass is 32.2. The third-order valence-corrected chi connectivity index (χ3v) is 7.37. The van der Waals surface area contributed by atoms with Crippen LogP contribution in [0.1, 0.15) is 35.2 Å². The van der Waals surface area contributed by atoms with E-state index in [0.29, 0.717) is 24.4 Å². The summed E-state index contributed by atoms with van der Waals surface area (Å²) >= 11 is 0. The summed E-state index contributed by atoms with van der Waals surface area (Å²) in [5.74, 6) is -0.171. The number of nitriles is 1. The number of ether oxygens (including phenoxy) is 1. The predicted molar refractivity (Wildman–Crippen MR) is 121 cm³/mol. The Morgan fingerprint density at radius 2 is 1.38 bits per heavy atom. The van der Waals surface area contributed by atoms with Crippen molar-refractivity contribution in [3.05, 3.63) is 83.9 Å². The minimum Gasteiger partial charge on any atom is -0.423 e. The molecule has 0 amide bonds. The second-order valence-electron chi connectivity index (χ2n) is 7.59. The first-order chi connectivity index (χ1) is 15.5. The van der Waals surface area contributed by atoms with Crippen LogP contribution in [0.3, 0.4) is 0 Å². The third-order valence-electron chi connectivity index (χ3n) is 5.46. The first-order valence-corrected chi connectivity index (χ1v) is 11.8. The topological polar surface area (TPSA) is 87.5 Å². The van der Waals surface area contributed by atoms with Crippen LogP contribution in [0.25, 0.3) is 11.1 Å². The fraction of sp³-hybridized carbons (Fsp3) is 0.200. The molecule has 4 rings (SSSR count). The Morgan fingerprint density at radius 3 is 1.94 bits per heavy atom. The summed E-state index contributed by atoms with van der Waals surface area (Å²) in [5, 5.41) is 8.90. The molecule has 0 unspecified atom stereocenters. The lowest BCUT2D eigenvalue weighted by molar-refractivity contribution is 0.0734. The second-order valence-corrected chi connectivity index (χ2v) is 9.53. The molecule has 6 nitrogen and oxygen atoms in total. The monoisotopic (exact) mass is 446 g/mol. The summed E-state index contributed by atoms with van der Waals surface area (Å²) in [6.45, 7) is 1.06. The maximum atomic E-state index is 12.7. The van der Waals surface area contributed by atoms with Gasteiger partial charge in [0, 0.05) is 13.1 Å². The Bertz CT molecular complexity index is 1240. The van der Waals surface area contributed by atoms with Crippen LogP contribution in [0, 0.1) is 11.3 Å². The molecule has 7 heteroatoms. The zero-order chi connectivity index (χ0) is 22.6. The fourth-order valence-corrected chi connectivity index (χ4v) is 5.15. The van der Waals surface area contributed by atoms with Crippen LogP contribution >= 0.6 is 0 Å². The molecular formula is C25H22N2O4S. The number of piperidine rings is 1. The summed E-state index contributed by atoms with van der Waals surface area (Å²) in [4.78, 5) is 12.7. The van der Waals surface area contributed by atoms with Gasteiger partial charge in [0.2, 0.25) is 10.0 Å². The highest BCUT2D eigenvalue weighted by Crippen LogP contribution is 2.24. The minimum absolute atomic E-state index is 0.183. The number of nitrogens with zero attached hydrogens (tertiary/aromatic N) is 2. The number of carbonyl (C=O) groups excluding carboxylic acids is 1. The molecule has 162 valence electrons. The Morgan fingerprint density at radius 1 is 0.812 bits per heavy atom.